The van der Waals surface area contributed by atoms with Gasteiger partial charge < -0.3 is 39.5 Å². The maximum Gasteiger partial charge on any atom is 0.316 e. The van der Waals surface area contributed by atoms with Crippen molar-refractivity contribution >= 4 is 33.5 Å². The van der Waals surface area contributed by atoms with Crippen molar-refractivity contribution in [2.24, 2.45) is 11.7 Å². The van der Waals surface area contributed by atoms with Crippen LogP contribution in [0.3, 0.4) is 0 Å². The van der Waals surface area contributed by atoms with Gasteiger partial charge in [0.25, 0.3) is 16.7 Å². The summed E-state index contributed by atoms with van der Waals surface area (Å²) < 4.78 is 29.0. The molecule has 20 nitrogen and oxygen atoms in total. The van der Waals surface area contributed by atoms with Crippen molar-refractivity contribution in [1.82, 2.24) is 29.1 Å². The number of amidine groups is 1. The average Bonchev–Trinajstić information content (AvgIpc) is 0.783. The van der Waals surface area contributed by atoms with E-state index in [0.29, 0.717) is 77.5 Å². The molecule has 8 aromatic carbocycles. The van der Waals surface area contributed by atoms with Crippen molar-refractivity contribution in [3.8, 4) is 69.0 Å². The number of carbonyl (C=O) groups excluding carboxylic acids is 2. The third kappa shape index (κ3) is 29.7. The van der Waals surface area contributed by atoms with Gasteiger partial charge >= 0.3 is 5.97 Å². The lowest BCUT2D eigenvalue weighted by Crippen LogP contribution is -2.29. The number of H-pyrrole nitrogens is 1. The number of halogens is 1. The number of aromatic nitrogens is 6. The molecule has 21 heteroatoms. The fourth-order valence-corrected chi connectivity index (χ4v) is 12.7. The molecule has 0 bridgehead atoms. The first-order valence-electron chi connectivity index (χ1n) is 39.3. The topological polar surface area (TPSA) is 290 Å². The number of Topliss-reactive ketones (excluding diaryl/α,β-unsaturated/α-hetero) is 1. The van der Waals surface area contributed by atoms with Gasteiger partial charge in [-0.15, -0.1) is 0 Å². The van der Waals surface area contributed by atoms with Crippen LogP contribution in [0, 0.1) is 43.4 Å². The van der Waals surface area contributed by atoms with Crippen molar-refractivity contribution < 1.29 is 38.4 Å². The lowest BCUT2D eigenvalue weighted by molar-refractivity contribution is -0.151. The molecular weight excluding hydrogens is 1520 g/mol. The number of methoxy groups -OCH3 is 4. The monoisotopic (exact) mass is 1640 g/mol. The van der Waals surface area contributed by atoms with Gasteiger partial charge in [-0.1, -0.05) is 215 Å². The lowest BCUT2D eigenvalue weighted by atomic mass is 10.0. The van der Waals surface area contributed by atoms with Gasteiger partial charge in [-0.25, -0.2) is 15.0 Å². The Kier molecular flexibility index (Phi) is 42.7. The molecule has 11 aromatic rings. The van der Waals surface area contributed by atoms with Gasteiger partial charge in [-0.2, -0.15) is 5.26 Å². The normalized spacial score (nSPS) is 10.5. The predicted molar refractivity (Wildman–Crippen MR) is 470 cm³/mol. The Morgan fingerprint density at radius 2 is 0.897 bits per heavy atom. The third-order valence-corrected chi connectivity index (χ3v) is 19.0. The standard InChI is InChI=1S/C24H28N2O2.C23H26N2O2.C16H20N2O2.C8H9Br.C8H10N2O.C8H7NO.C8H14O3/c1-4-5-13-20-18(2)25-23(21-14-9-10-15-22(21)28-3)26(24(20)27)17-16-19-11-7-6-8-12-19;1-3-4-12-19-17(2)24-22(20-13-8-9-14-21(20)26)25(23(19)27)16-15-18-10-6-5-7-11-18;1-4-5-8-12-11(2)17-15(18-16(12)19)13-9-6-7-10-14(13)20-3;9-7-6-8-4-2-1-3-5-8;1-11-7-5-3-2-4-6(7)8(9)10;1-10-8-5-3-2-4-7(8)6-9;1-4-7(6(3)9)8(10)11-5-2/h6-12,14-15H,4-5,13,16-17H2,1-3H3;5-11,13-14,26H,3-4,12,15-16H2,1-2H3;6-7,9-10H,4-5,8H2,1-3H3,(H,17,18,19);1-5H,6-7H2;2-5H,1H3,(H3,9,10);2-5H,1H3;7H,4-5H2,1-3H3. The summed E-state index contributed by atoms with van der Waals surface area (Å²) in [6.45, 7) is 18.5. The van der Waals surface area contributed by atoms with E-state index < -0.39 is 11.9 Å². The molecule has 0 aliphatic carbocycles. The summed E-state index contributed by atoms with van der Waals surface area (Å²) in [6, 6.07) is 69.5. The Bertz CT molecular complexity index is 5060. The van der Waals surface area contributed by atoms with E-state index in [4.69, 9.17) is 50.1 Å². The van der Waals surface area contributed by atoms with Gasteiger partial charge in [0, 0.05) is 52.2 Å². The number of rotatable bonds is 29. The van der Waals surface area contributed by atoms with Gasteiger partial charge in [0.05, 0.1) is 62.9 Å². The van der Waals surface area contributed by atoms with E-state index in [-0.39, 0.29) is 34.0 Å². The molecule has 5 N–H and O–H groups in total. The van der Waals surface area contributed by atoms with Crippen molar-refractivity contribution in [1.29, 1.82) is 10.7 Å². The first kappa shape index (κ1) is 94.6. The second-order valence-corrected chi connectivity index (χ2v) is 27.6. The molecule has 0 aliphatic heterocycles. The highest BCUT2D eigenvalue weighted by atomic mass is 79.9. The van der Waals surface area contributed by atoms with E-state index in [9.17, 15) is 29.1 Å². The Hall–Kier alpha value is -12.0. The number of nitriles is 1. The number of phenolic OH excluding ortho intramolecular Hbond substituents is 1. The van der Waals surface area contributed by atoms with Crippen molar-refractivity contribution in [2.75, 3.05) is 40.4 Å². The van der Waals surface area contributed by atoms with Crippen LogP contribution < -0.4 is 41.4 Å². The van der Waals surface area contributed by atoms with Gasteiger partial charge in [0.15, 0.2) is 0 Å². The molecule has 0 fully saturated rings. The first-order chi connectivity index (χ1) is 56.1. The van der Waals surface area contributed by atoms with E-state index in [1.165, 1.54) is 23.6 Å². The van der Waals surface area contributed by atoms with Crippen LogP contribution in [0.4, 0.5) is 0 Å². The van der Waals surface area contributed by atoms with Crippen LogP contribution in [0.25, 0.3) is 34.2 Å². The molecule has 116 heavy (non-hydrogen) atoms. The number of esters is 1. The van der Waals surface area contributed by atoms with Gasteiger partial charge in [0.1, 0.15) is 69.8 Å². The second kappa shape index (κ2) is 52.4. The number of nitrogens with two attached hydrogens (primary N) is 1. The Morgan fingerprint density at radius 1 is 0.509 bits per heavy atom. The smallest absolute Gasteiger partial charge is 0.316 e. The molecule has 612 valence electrons. The second-order valence-electron chi connectivity index (χ2n) is 26.8. The van der Waals surface area contributed by atoms with Crippen LogP contribution in [0.5, 0.6) is 28.7 Å². The number of unbranched alkanes of at least 4 members (excludes halogenated alkanes) is 3. The minimum Gasteiger partial charge on any atom is -0.507 e. The van der Waals surface area contributed by atoms with Gasteiger partial charge in [0.2, 0.25) is 0 Å². The molecule has 1 unspecified atom stereocenters. The number of para-hydroxylation sites is 5. The van der Waals surface area contributed by atoms with E-state index in [0.717, 1.165) is 133 Å². The van der Waals surface area contributed by atoms with E-state index in [1.807, 2.05) is 147 Å². The molecule has 0 radical (unpaired) electrons. The minimum absolute atomic E-state index is 0.00475. The maximum atomic E-state index is 13.4. The number of aromatic amines is 1. The highest BCUT2D eigenvalue weighted by molar-refractivity contribution is 9.09. The molecule has 0 saturated carbocycles. The molecule has 0 amide bonds. The number of benzene rings is 8. The van der Waals surface area contributed by atoms with Crippen LogP contribution >= 0.6 is 15.9 Å². The molecule has 1 atom stereocenters. The summed E-state index contributed by atoms with van der Waals surface area (Å²) in [7, 11) is 6.37. The Morgan fingerprint density at radius 3 is 1.30 bits per heavy atom. The number of carbonyl (C=O) groups is 2. The summed E-state index contributed by atoms with van der Waals surface area (Å²) in [5, 5.41) is 27.1. The quantitative estimate of drug-likeness (QED) is 0.0111. The van der Waals surface area contributed by atoms with E-state index in [2.05, 4.69) is 95.2 Å². The largest absolute Gasteiger partial charge is 0.507 e. The van der Waals surface area contributed by atoms with Crippen molar-refractivity contribution in [3.05, 3.63) is 305 Å². The number of alkyl halides is 1. The SMILES string of the molecule is BrCCc1ccccc1.CCCCc1c(C)nc(-c2ccccc2O)n(CCc2ccccc2)c1=O.CCCCc1c(C)nc(-c2ccccc2OC)[nH]c1=O.CCCCc1c(C)nc(-c2ccccc2OC)n(CCc2ccccc2)c1=O.CCOC(=O)C(CC)C(C)=O.COc1ccccc1C#N.COc1ccccc1C(=N)N. The number of nitrogen functional groups attached to an aromatic ring is 1. The van der Waals surface area contributed by atoms with Gasteiger partial charge in [-0.3, -0.25) is 38.5 Å². The zero-order valence-corrected chi connectivity index (χ0v) is 71.1. The minimum atomic E-state index is -0.560. The van der Waals surface area contributed by atoms with Crippen molar-refractivity contribution in [3.63, 3.8) is 0 Å². The number of nitrogens with zero attached hydrogens (tertiary/aromatic N) is 6. The van der Waals surface area contributed by atoms with Crippen LogP contribution in [0.2, 0.25) is 0 Å². The molecule has 11 rings (SSSR count). The van der Waals surface area contributed by atoms with Crippen molar-refractivity contribution in [2.45, 2.75) is 159 Å². The summed E-state index contributed by atoms with van der Waals surface area (Å²) in [5.74, 6) is 3.56. The summed E-state index contributed by atoms with van der Waals surface area (Å²) in [5.41, 5.74) is 17.3. The molecule has 3 aromatic heterocycles. The highest BCUT2D eigenvalue weighted by Crippen LogP contribution is 2.31. The third-order valence-electron chi connectivity index (χ3n) is 18.6. The van der Waals surface area contributed by atoms with E-state index in [1.54, 1.807) is 95.4 Å². The molecule has 0 aliphatic rings. The molecular formula is C95H114BrN9O11. The maximum absolute atomic E-state index is 13.4. The number of hydrogen-bond donors (Lipinski definition) is 4. The number of aromatic hydroxyl groups is 1. The van der Waals surface area contributed by atoms with Crippen LogP contribution in [-0.4, -0.2) is 92.1 Å². The first-order valence-corrected chi connectivity index (χ1v) is 40.5. The molecule has 0 saturated heterocycles. The summed E-state index contributed by atoms with van der Waals surface area (Å²) in [4.78, 5) is 77.6. The summed E-state index contributed by atoms with van der Waals surface area (Å²) in [6.07, 6.45) is 11.5. The van der Waals surface area contributed by atoms with E-state index >= 15 is 0 Å². The molecule has 3 heterocycles. The number of ether oxygens (including phenoxy) is 5. The summed E-state index contributed by atoms with van der Waals surface area (Å²) >= 11 is 3.39. The van der Waals surface area contributed by atoms with Crippen LogP contribution in [-0.2, 0) is 65.9 Å². The lowest BCUT2D eigenvalue weighted by Gasteiger charge is -2.17. The fourth-order valence-electron chi connectivity index (χ4n) is 12.2. The zero-order valence-electron chi connectivity index (χ0n) is 69.5. The van der Waals surface area contributed by atoms with Gasteiger partial charge in [-0.05, 0) is 176 Å². The number of hydrogen-bond acceptors (Lipinski definition) is 16. The van der Waals surface area contributed by atoms with Crippen LogP contribution in [0.15, 0.2) is 227 Å². The molecule has 0 spiro atoms. The number of ketones is 1. The predicted octanol–water partition coefficient (Wildman–Crippen LogP) is 18.8. The highest BCUT2D eigenvalue weighted by Gasteiger charge is 2.23. The number of aryl methyl sites for hydroxylation is 6. The Balaban J connectivity index is 0.000000253. The zero-order chi connectivity index (χ0) is 84.7. The number of phenols is 1. The average molecular weight is 1640 g/mol. The Labute approximate surface area is 692 Å². The van der Waals surface area contributed by atoms with Crippen LogP contribution in [0.1, 0.15) is 148 Å². The fraction of sp³-hybridized carbons (Fsp3) is 0.326. The number of nitrogens with one attached hydrogen (secondary N) is 2.